The molecule has 1 atom stereocenters. The summed E-state index contributed by atoms with van der Waals surface area (Å²) in [5.74, 6) is -0.597. The van der Waals surface area contributed by atoms with Crippen molar-refractivity contribution in [1.29, 1.82) is 0 Å². The van der Waals surface area contributed by atoms with Crippen molar-refractivity contribution in [3.63, 3.8) is 0 Å². The number of amides is 1. The Morgan fingerprint density at radius 3 is 2.65 bits per heavy atom. The van der Waals surface area contributed by atoms with E-state index in [1.807, 2.05) is 13.8 Å². The van der Waals surface area contributed by atoms with Gasteiger partial charge in [0.05, 0.1) is 0 Å². The molecule has 1 fully saturated rings. The van der Waals surface area contributed by atoms with Gasteiger partial charge in [-0.25, -0.2) is 12.8 Å². The normalized spacial score (nSPS) is 17.2. The van der Waals surface area contributed by atoms with Gasteiger partial charge in [0.2, 0.25) is 15.9 Å². The van der Waals surface area contributed by atoms with Gasteiger partial charge in [-0.15, -0.1) is 0 Å². The molecule has 1 amide bonds. The van der Waals surface area contributed by atoms with Crippen LogP contribution in [0.4, 0.5) is 4.39 Å². The van der Waals surface area contributed by atoms with Crippen LogP contribution >= 0.6 is 0 Å². The molecule has 0 saturated carbocycles. The highest BCUT2D eigenvalue weighted by Gasteiger charge is 2.36. The van der Waals surface area contributed by atoms with Gasteiger partial charge < -0.3 is 9.84 Å². The number of aryl methyl sites for hydroxylation is 1. The Morgan fingerprint density at radius 2 is 2.00 bits per heavy atom. The van der Waals surface area contributed by atoms with E-state index in [1.54, 1.807) is 25.1 Å². The topological polar surface area (TPSA) is 92.5 Å². The van der Waals surface area contributed by atoms with Crippen LogP contribution in [0.5, 0.6) is 0 Å². The summed E-state index contributed by atoms with van der Waals surface area (Å²) in [5.41, 5.74) is 0.554. The molecule has 3 rings (SSSR count). The molecule has 0 spiro atoms. The third-order valence-electron chi connectivity index (χ3n) is 5.58. The van der Waals surface area contributed by atoms with E-state index in [4.69, 9.17) is 4.52 Å². The maximum absolute atomic E-state index is 13.9. The third kappa shape index (κ3) is 5.22. The lowest BCUT2D eigenvalue weighted by Crippen LogP contribution is -2.44. The number of nitrogens with zero attached hydrogens (tertiary/aromatic N) is 2. The molecule has 1 saturated heterocycles. The van der Waals surface area contributed by atoms with Crippen molar-refractivity contribution >= 4 is 28.1 Å². The third-order valence-corrected chi connectivity index (χ3v) is 7.63. The van der Waals surface area contributed by atoms with E-state index in [0.29, 0.717) is 18.4 Å². The fourth-order valence-electron chi connectivity index (χ4n) is 3.52. The first-order valence-corrected chi connectivity index (χ1v) is 11.9. The largest absolute Gasteiger partial charge is 0.355 e. The Balaban J connectivity index is 1.75. The Bertz CT molecular complexity index is 1060. The molecule has 1 aliphatic rings. The SMILES string of the molecule is CCC(C)NC(=O)C1CCN(S(=O)(=O)c2c(C)noc2/C=C/c2ccccc2F)CC1. The summed E-state index contributed by atoms with van der Waals surface area (Å²) in [7, 11) is -3.87. The minimum Gasteiger partial charge on any atom is -0.355 e. The second-order valence-corrected chi connectivity index (χ2v) is 9.69. The van der Waals surface area contributed by atoms with Gasteiger partial charge in [0.15, 0.2) is 10.7 Å². The van der Waals surface area contributed by atoms with Gasteiger partial charge in [-0.2, -0.15) is 4.31 Å². The lowest BCUT2D eigenvalue weighted by molar-refractivity contribution is -0.126. The summed E-state index contributed by atoms with van der Waals surface area (Å²) in [6.45, 7) is 5.98. The molecule has 31 heavy (non-hydrogen) atoms. The van der Waals surface area contributed by atoms with Crippen molar-refractivity contribution in [1.82, 2.24) is 14.8 Å². The summed E-state index contributed by atoms with van der Waals surface area (Å²) in [6.07, 6.45) is 4.62. The number of rotatable bonds is 7. The average Bonchev–Trinajstić information content (AvgIpc) is 3.14. The Labute approximate surface area is 182 Å². The summed E-state index contributed by atoms with van der Waals surface area (Å²) in [4.78, 5) is 12.3. The molecule has 0 radical (unpaired) electrons. The van der Waals surface area contributed by atoms with Crippen LogP contribution in [-0.4, -0.2) is 42.9 Å². The highest BCUT2D eigenvalue weighted by molar-refractivity contribution is 7.89. The molecule has 7 nitrogen and oxygen atoms in total. The predicted molar refractivity (Wildman–Crippen MR) is 116 cm³/mol. The van der Waals surface area contributed by atoms with Crippen molar-refractivity contribution in [2.24, 2.45) is 5.92 Å². The van der Waals surface area contributed by atoms with Crippen molar-refractivity contribution in [3.8, 4) is 0 Å². The molecular weight excluding hydrogens is 421 g/mol. The number of nitrogens with one attached hydrogen (secondary N) is 1. The maximum Gasteiger partial charge on any atom is 0.248 e. The number of piperidine rings is 1. The van der Waals surface area contributed by atoms with Crippen LogP contribution in [0.15, 0.2) is 33.7 Å². The number of sulfonamides is 1. The number of hydrogen-bond acceptors (Lipinski definition) is 5. The summed E-state index contributed by atoms with van der Waals surface area (Å²) < 4.78 is 47.0. The number of aromatic nitrogens is 1. The molecule has 2 heterocycles. The molecule has 1 N–H and O–H groups in total. The van der Waals surface area contributed by atoms with E-state index in [0.717, 1.165) is 6.42 Å². The summed E-state index contributed by atoms with van der Waals surface area (Å²) >= 11 is 0. The number of halogens is 1. The van der Waals surface area contributed by atoms with Crippen LogP contribution in [0.1, 0.15) is 50.1 Å². The zero-order chi connectivity index (χ0) is 22.6. The molecular formula is C22H28FN3O4S. The molecule has 2 aromatic rings. The van der Waals surface area contributed by atoms with Gasteiger partial charge in [-0.05, 0) is 51.3 Å². The van der Waals surface area contributed by atoms with Crippen molar-refractivity contribution in [2.45, 2.75) is 51.0 Å². The van der Waals surface area contributed by atoms with Crippen LogP contribution in [-0.2, 0) is 14.8 Å². The van der Waals surface area contributed by atoms with Crippen molar-refractivity contribution < 1.29 is 22.1 Å². The highest BCUT2D eigenvalue weighted by Crippen LogP contribution is 2.29. The lowest BCUT2D eigenvalue weighted by Gasteiger charge is -2.31. The fourth-order valence-corrected chi connectivity index (χ4v) is 5.24. The first kappa shape index (κ1) is 23.1. The van der Waals surface area contributed by atoms with Crippen molar-refractivity contribution in [2.75, 3.05) is 13.1 Å². The number of carbonyl (C=O) groups is 1. The molecule has 1 aliphatic heterocycles. The van der Waals surface area contributed by atoms with E-state index in [2.05, 4.69) is 10.5 Å². The lowest BCUT2D eigenvalue weighted by atomic mass is 9.97. The predicted octanol–water partition coefficient (Wildman–Crippen LogP) is 3.61. The number of carbonyl (C=O) groups excluding carboxylic acids is 1. The molecule has 1 aromatic heterocycles. The van der Waals surface area contributed by atoms with Gasteiger partial charge in [0.25, 0.3) is 0 Å². The van der Waals surface area contributed by atoms with Crippen molar-refractivity contribution in [3.05, 3.63) is 47.1 Å². The van der Waals surface area contributed by atoms with Crippen LogP contribution < -0.4 is 5.32 Å². The first-order chi connectivity index (χ1) is 14.7. The number of hydrogen-bond donors (Lipinski definition) is 1. The summed E-state index contributed by atoms with van der Waals surface area (Å²) in [5, 5.41) is 6.77. The smallest absolute Gasteiger partial charge is 0.248 e. The molecule has 0 aliphatic carbocycles. The van der Waals surface area contributed by atoms with E-state index < -0.39 is 15.8 Å². The zero-order valence-corrected chi connectivity index (χ0v) is 18.8. The van der Waals surface area contributed by atoms with E-state index >= 15 is 0 Å². The standard InChI is InChI=1S/C22H28FN3O4S/c1-4-15(2)24-22(27)18-11-13-26(14-12-18)31(28,29)21-16(3)25-30-20(21)10-9-17-7-5-6-8-19(17)23/h5-10,15,18H,4,11-14H2,1-3H3,(H,24,27)/b10-9+. The van der Waals surface area contributed by atoms with Gasteiger partial charge in [-0.1, -0.05) is 30.3 Å². The summed E-state index contributed by atoms with van der Waals surface area (Å²) in [6, 6.07) is 6.27. The van der Waals surface area contributed by atoms with E-state index in [9.17, 15) is 17.6 Å². The fraction of sp³-hybridized carbons (Fsp3) is 0.455. The minimum absolute atomic E-state index is 0.0254. The Morgan fingerprint density at radius 1 is 1.32 bits per heavy atom. The van der Waals surface area contributed by atoms with Gasteiger partial charge >= 0.3 is 0 Å². The monoisotopic (exact) mass is 449 g/mol. The van der Waals surface area contributed by atoms with Crippen LogP contribution in [0.25, 0.3) is 12.2 Å². The second kappa shape index (κ2) is 9.74. The second-order valence-electron chi connectivity index (χ2n) is 7.81. The Hall–Kier alpha value is -2.52. The zero-order valence-electron chi connectivity index (χ0n) is 18.0. The molecule has 0 bridgehead atoms. The molecule has 168 valence electrons. The van der Waals surface area contributed by atoms with Crippen LogP contribution in [0.2, 0.25) is 0 Å². The minimum atomic E-state index is -3.87. The highest BCUT2D eigenvalue weighted by atomic mass is 32.2. The van der Waals surface area contributed by atoms with E-state index in [-0.39, 0.29) is 47.3 Å². The van der Waals surface area contributed by atoms with Gasteiger partial charge in [0.1, 0.15) is 11.5 Å². The first-order valence-electron chi connectivity index (χ1n) is 10.4. The Kier molecular flexibility index (Phi) is 7.27. The average molecular weight is 450 g/mol. The van der Waals surface area contributed by atoms with Gasteiger partial charge in [-0.3, -0.25) is 4.79 Å². The van der Waals surface area contributed by atoms with Gasteiger partial charge in [0, 0.05) is 30.6 Å². The number of benzene rings is 1. The maximum atomic E-state index is 13.9. The molecule has 1 unspecified atom stereocenters. The van der Waals surface area contributed by atoms with Crippen LogP contribution in [0, 0.1) is 18.7 Å². The molecule has 1 aromatic carbocycles. The van der Waals surface area contributed by atoms with Crippen LogP contribution in [0.3, 0.4) is 0 Å². The van der Waals surface area contributed by atoms with E-state index in [1.165, 1.54) is 22.5 Å². The molecule has 9 heteroatoms. The quantitative estimate of drug-likeness (QED) is 0.697.